The predicted molar refractivity (Wildman–Crippen MR) is 63.9 cm³/mol. The van der Waals surface area contributed by atoms with Crippen LogP contribution in [-0.4, -0.2) is 37.1 Å². The standard InChI is InChI=1S/C7H14N2O3.C4H10.V/c10-5-7(12)9-4-2-1-3-8-6-11;1-4(2)3;/h6,10H,1-5H2,(H,8,11)(H,9,12);4H,1-3H3;. The van der Waals surface area contributed by atoms with Crippen LogP contribution in [0, 0.1) is 5.92 Å². The van der Waals surface area contributed by atoms with E-state index in [9.17, 15) is 9.59 Å². The van der Waals surface area contributed by atoms with E-state index in [1.165, 1.54) is 0 Å². The minimum Gasteiger partial charge on any atom is -0.387 e. The molecular weight excluding hydrogens is 259 g/mol. The number of carbonyl (C=O) groups excluding carboxylic acids is 2. The van der Waals surface area contributed by atoms with E-state index in [1.54, 1.807) is 0 Å². The Kier molecular flexibility index (Phi) is 22.8. The van der Waals surface area contributed by atoms with Gasteiger partial charge in [-0.1, -0.05) is 20.8 Å². The number of hydrogen-bond acceptors (Lipinski definition) is 3. The second-order valence-corrected chi connectivity index (χ2v) is 4.02. The first kappa shape index (κ1) is 21.7. The Morgan fingerprint density at radius 1 is 1.24 bits per heavy atom. The number of nitrogens with one attached hydrogen (secondary N) is 2. The molecule has 17 heavy (non-hydrogen) atoms. The molecule has 0 aromatic carbocycles. The number of hydrogen-bond donors (Lipinski definition) is 3. The first-order valence-corrected chi connectivity index (χ1v) is 5.59. The van der Waals surface area contributed by atoms with Gasteiger partial charge in [-0.3, -0.25) is 9.59 Å². The predicted octanol–water partition coefficient (Wildman–Crippen LogP) is 0.281. The average Bonchev–Trinajstić information content (AvgIpc) is 2.22. The van der Waals surface area contributed by atoms with E-state index < -0.39 is 6.61 Å². The van der Waals surface area contributed by atoms with Gasteiger partial charge in [0.15, 0.2) is 0 Å². The van der Waals surface area contributed by atoms with Gasteiger partial charge in [-0.05, 0) is 18.8 Å². The van der Waals surface area contributed by atoms with Crippen LogP contribution in [0.4, 0.5) is 0 Å². The van der Waals surface area contributed by atoms with Gasteiger partial charge in [-0.25, -0.2) is 0 Å². The molecule has 101 valence electrons. The van der Waals surface area contributed by atoms with Crippen molar-refractivity contribution in [2.75, 3.05) is 19.7 Å². The minimum absolute atomic E-state index is 0. The molecule has 5 nitrogen and oxygen atoms in total. The van der Waals surface area contributed by atoms with Crippen molar-refractivity contribution in [3.63, 3.8) is 0 Å². The molecule has 0 saturated heterocycles. The maximum atomic E-state index is 10.5. The van der Waals surface area contributed by atoms with Crippen molar-refractivity contribution in [1.29, 1.82) is 0 Å². The van der Waals surface area contributed by atoms with Crippen molar-refractivity contribution in [2.45, 2.75) is 33.6 Å². The number of aliphatic hydroxyl groups is 1. The molecular formula is C11H24N2O3V. The fourth-order valence-electron chi connectivity index (χ4n) is 0.695. The summed E-state index contributed by atoms with van der Waals surface area (Å²) in [5, 5.41) is 13.3. The molecule has 0 aromatic heterocycles. The monoisotopic (exact) mass is 283 g/mol. The van der Waals surface area contributed by atoms with Gasteiger partial charge in [0, 0.05) is 31.6 Å². The summed E-state index contributed by atoms with van der Waals surface area (Å²) in [5.41, 5.74) is 0. The smallest absolute Gasteiger partial charge is 0.245 e. The third-order valence-electron chi connectivity index (χ3n) is 1.30. The van der Waals surface area contributed by atoms with Crippen LogP contribution in [-0.2, 0) is 28.1 Å². The Morgan fingerprint density at radius 3 is 2.12 bits per heavy atom. The molecule has 0 bridgehead atoms. The molecule has 0 aromatic rings. The van der Waals surface area contributed by atoms with E-state index in [-0.39, 0.29) is 24.5 Å². The van der Waals surface area contributed by atoms with Gasteiger partial charge in [-0.15, -0.1) is 0 Å². The second kappa shape index (κ2) is 17.9. The molecule has 0 aliphatic heterocycles. The Labute approximate surface area is 116 Å². The Bertz CT molecular complexity index is 175. The average molecular weight is 283 g/mol. The quantitative estimate of drug-likeness (QED) is 0.464. The third kappa shape index (κ3) is 31.3. The number of amides is 2. The van der Waals surface area contributed by atoms with E-state index in [1.807, 2.05) is 0 Å². The van der Waals surface area contributed by atoms with E-state index in [0.29, 0.717) is 19.5 Å². The van der Waals surface area contributed by atoms with Gasteiger partial charge in [0.1, 0.15) is 6.61 Å². The van der Waals surface area contributed by atoms with Gasteiger partial charge >= 0.3 is 0 Å². The molecule has 0 aliphatic rings. The van der Waals surface area contributed by atoms with Gasteiger partial charge < -0.3 is 15.7 Å². The maximum absolute atomic E-state index is 10.5. The molecule has 0 saturated carbocycles. The molecule has 0 rings (SSSR count). The number of unbranched alkanes of at least 4 members (excludes halogenated alkanes) is 1. The topological polar surface area (TPSA) is 78.4 Å². The van der Waals surface area contributed by atoms with Crippen molar-refractivity contribution < 1.29 is 33.3 Å². The molecule has 2 amide bonds. The van der Waals surface area contributed by atoms with Crippen molar-refractivity contribution in [3.05, 3.63) is 0 Å². The van der Waals surface area contributed by atoms with Gasteiger partial charge in [0.25, 0.3) is 0 Å². The Hall–Kier alpha value is -0.516. The molecule has 0 heterocycles. The molecule has 3 N–H and O–H groups in total. The fraction of sp³-hybridized carbons (Fsp3) is 0.818. The van der Waals surface area contributed by atoms with Crippen LogP contribution in [0.2, 0.25) is 0 Å². The summed E-state index contributed by atoms with van der Waals surface area (Å²) in [6.07, 6.45) is 2.27. The number of rotatable bonds is 7. The van der Waals surface area contributed by atoms with Crippen LogP contribution in [0.15, 0.2) is 0 Å². The molecule has 0 aliphatic carbocycles. The fourth-order valence-corrected chi connectivity index (χ4v) is 0.695. The summed E-state index contributed by atoms with van der Waals surface area (Å²) in [6.45, 7) is 7.20. The molecule has 0 unspecified atom stereocenters. The Morgan fingerprint density at radius 2 is 1.71 bits per heavy atom. The van der Waals surface area contributed by atoms with Crippen LogP contribution in [0.5, 0.6) is 0 Å². The maximum Gasteiger partial charge on any atom is 0.245 e. The van der Waals surface area contributed by atoms with E-state index in [0.717, 1.165) is 18.8 Å². The molecule has 0 atom stereocenters. The summed E-state index contributed by atoms with van der Waals surface area (Å²) < 4.78 is 0. The van der Waals surface area contributed by atoms with E-state index >= 15 is 0 Å². The number of aliphatic hydroxyl groups excluding tert-OH is 1. The Balaban J connectivity index is -0.000000340. The summed E-state index contributed by atoms with van der Waals surface area (Å²) >= 11 is 0. The first-order chi connectivity index (χ1) is 7.54. The summed E-state index contributed by atoms with van der Waals surface area (Å²) in [4.78, 5) is 20.2. The zero-order valence-corrected chi connectivity index (χ0v) is 12.3. The van der Waals surface area contributed by atoms with Gasteiger partial charge in [-0.2, -0.15) is 0 Å². The third-order valence-corrected chi connectivity index (χ3v) is 1.30. The molecule has 6 heteroatoms. The zero-order chi connectivity index (χ0) is 12.8. The zero-order valence-electron chi connectivity index (χ0n) is 10.9. The summed E-state index contributed by atoms with van der Waals surface area (Å²) in [5.74, 6) is 0.471. The number of carbonyl (C=O) groups is 2. The molecule has 0 spiro atoms. The van der Waals surface area contributed by atoms with Crippen LogP contribution in [0.3, 0.4) is 0 Å². The van der Waals surface area contributed by atoms with Crippen LogP contribution in [0.1, 0.15) is 33.6 Å². The van der Waals surface area contributed by atoms with Crippen molar-refractivity contribution in [1.82, 2.24) is 10.6 Å². The van der Waals surface area contributed by atoms with Crippen LogP contribution in [0.25, 0.3) is 0 Å². The van der Waals surface area contributed by atoms with E-state index in [2.05, 4.69) is 31.4 Å². The van der Waals surface area contributed by atoms with Gasteiger partial charge in [0.05, 0.1) is 0 Å². The summed E-state index contributed by atoms with van der Waals surface area (Å²) in [7, 11) is 0. The van der Waals surface area contributed by atoms with Crippen molar-refractivity contribution >= 4 is 12.3 Å². The first-order valence-electron chi connectivity index (χ1n) is 5.59. The van der Waals surface area contributed by atoms with Crippen molar-refractivity contribution in [2.24, 2.45) is 5.92 Å². The minimum atomic E-state index is -0.466. The SMILES string of the molecule is CC(C)C.O=CNCCCCNC(=O)CO.[V]. The van der Waals surface area contributed by atoms with Gasteiger partial charge in [0.2, 0.25) is 12.3 Å². The van der Waals surface area contributed by atoms with Crippen LogP contribution < -0.4 is 10.6 Å². The van der Waals surface area contributed by atoms with E-state index in [4.69, 9.17) is 5.11 Å². The van der Waals surface area contributed by atoms with Crippen LogP contribution >= 0.6 is 0 Å². The largest absolute Gasteiger partial charge is 0.387 e. The molecule has 1 radical (unpaired) electrons. The second-order valence-electron chi connectivity index (χ2n) is 4.02. The normalized spacial score (nSPS) is 8.53. The molecule has 0 fully saturated rings. The summed E-state index contributed by atoms with van der Waals surface area (Å²) in [6, 6.07) is 0. The van der Waals surface area contributed by atoms with Crippen molar-refractivity contribution in [3.8, 4) is 0 Å².